The lowest BCUT2D eigenvalue weighted by Crippen LogP contribution is -2.38. The fraction of sp³-hybridized carbons (Fsp3) is 0.480. The Hall–Kier alpha value is -2.61. The molecule has 0 atom stereocenters. The lowest BCUT2D eigenvalue weighted by atomic mass is 9.94. The minimum absolute atomic E-state index is 0.127. The van der Waals surface area contributed by atoms with Gasteiger partial charge >= 0.3 is 6.18 Å². The maximum absolute atomic E-state index is 13.3. The average Bonchev–Trinajstić information content (AvgIpc) is 3.12. The fourth-order valence-electron chi connectivity index (χ4n) is 4.68. The number of alkyl halides is 3. The van der Waals surface area contributed by atoms with Crippen molar-refractivity contribution in [3.05, 3.63) is 57.1 Å². The summed E-state index contributed by atoms with van der Waals surface area (Å²) in [5, 5.41) is 0.999. The molecule has 0 spiro atoms. The van der Waals surface area contributed by atoms with Crippen LogP contribution in [0.1, 0.15) is 64.8 Å². The third kappa shape index (κ3) is 4.52. The first kappa shape index (κ1) is 24.5. The molecule has 0 aromatic carbocycles. The minimum atomic E-state index is -4.52. The van der Waals surface area contributed by atoms with Crippen LogP contribution in [-0.2, 0) is 19.6 Å². The molecule has 1 aliphatic rings. The van der Waals surface area contributed by atoms with Crippen LogP contribution in [0.2, 0.25) is 5.02 Å². The lowest BCUT2D eigenvalue weighted by Gasteiger charge is -2.31. The monoisotopic (exact) mass is 492 g/mol. The molecule has 1 amide bonds. The number of piperidine rings is 1. The van der Waals surface area contributed by atoms with Crippen LogP contribution in [-0.4, -0.2) is 38.4 Å². The third-order valence-electron chi connectivity index (χ3n) is 6.99. The summed E-state index contributed by atoms with van der Waals surface area (Å²) in [4.78, 5) is 23.3. The molecule has 1 fully saturated rings. The van der Waals surface area contributed by atoms with E-state index in [1.807, 2.05) is 17.9 Å². The van der Waals surface area contributed by atoms with Gasteiger partial charge in [-0.15, -0.1) is 0 Å². The normalized spacial score (nSPS) is 15.4. The SMILES string of the molecule is CCC1CCN(C(=O)c2cnc(C)c(Cc3cc4c(C)cc(C(F)(F)F)nc4n3C)c2Cl)CC1. The number of halogens is 4. The van der Waals surface area contributed by atoms with Crippen molar-refractivity contribution in [1.82, 2.24) is 19.4 Å². The molecule has 0 aliphatic carbocycles. The molecule has 4 heterocycles. The van der Waals surface area contributed by atoms with E-state index in [1.165, 1.54) is 6.20 Å². The van der Waals surface area contributed by atoms with E-state index in [4.69, 9.17) is 11.6 Å². The van der Waals surface area contributed by atoms with E-state index >= 15 is 0 Å². The number of carbonyl (C=O) groups is 1. The maximum atomic E-state index is 13.3. The van der Waals surface area contributed by atoms with E-state index in [9.17, 15) is 18.0 Å². The molecule has 0 N–H and O–H groups in total. The van der Waals surface area contributed by atoms with Crippen LogP contribution in [0.15, 0.2) is 18.3 Å². The number of nitrogens with zero attached hydrogens (tertiary/aromatic N) is 4. The van der Waals surface area contributed by atoms with E-state index in [2.05, 4.69) is 16.9 Å². The Bertz CT molecular complexity index is 1240. The van der Waals surface area contributed by atoms with Crippen molar-refractivity contribution in [2.75, 3.05) is 13.1 Å². The number of pyridine rings is 2. The average molecular weight is 493 g/mol. The fourth-order valence-corrected chi connectivity index (χ4v) is 5.02. The van der Waals surface area contributed by atoms with Crippen LogP contribution < -0.4 is 0 Å². The van der Waals surface area contributed by atoms with Crippen LogP contribution in [0.25, 0.3) is 11.0 Å². The molecule has 9 heteroatoms. The smallest absolute Gasteiger partial charge is 0.339 e. The van der Waals surface area contributed by atoms with Gasteiger partial charge in [0.05, 0.1) is 10.6 Å². The highest BCUT2D eigenvalue weighted by molar-refractivity contribution is 6.34. The van der Waals surface area contributed by atoms with Crippen LogP contribution in [0, 0.1) is 19.8 Å². The van der Waals surface area contributed by atoms with Gasteiger partial charge in [0.2, 0.25) is 0 Å². The van der Waals surface area contributed by atoms with Gasteiger partial charge in [0, 0.05) is 49.5 Å². The van der Waals surface area contributed by atoms with Gasteiger partial charge < -0.3 is 9.47 Å². The molecule has 0 radical (unpaired) electrons. The Labute approximate surface area is 201 Å². The summed E-state index contributed by atoms with van der Waals surface area (Å²) in [6.45, 7) is 7.03. The number of hydrogen-bond acceptors (Lipinski definition) is 3. The molecule has 5 nitrogen and oxygen atoms in total. The van der Waals surface area contributed by atoms with Crippen molar-refractivity contribution in [3.63, 3.8) is 0 Å². The Balaban J connectivity index is 1.68. The molecule has 182 valence electrons. The number of likely N-dealkylation sites (tertiary alicyclic amines) is 1. The van der Waals surface area contributed by atoms with Crippen LogP contribution in [0.4, 0.5) is 13.2 Å². The molecule has 34 heavy (non-hydrogen) atoms. The quantitative estimate of drug-likeness (QED) is 0.441. The Morgan fingerprint density at radius 2 is 1.88 bits per heavy atom. The van der Waals surface area contributed by atoms with E-state index in [-0.39, 0.29) is 11.6 Å². The molecular formula is C25H28ClF3N4O. The predicted octanol–water partition coefficient (Wildman–Crippen LogP) is 6.11. The first-order valence-electron chi connectivity index (χ1n) is 11.5. The molecular weight excluding hydrogens is 465 g/mol. The summed E-state index contributed by atoms with van der Waals surface area (Å²) < 4.78 is 41.5. The van der Waals surface area contributed by atoms with Crippen LogP contribution in [0.5, 0.6) is 0 Å². The van der Waals surface area contributed by atoms with Gasteiger partial charge in [-0.25, -0.2) is 4.98 Å². The molecule has 0 unspecified atom stereocenters. The summed E-state index contributed by atoms with van der Waals surface area (Å²) in [7, 11) is 1.69. The van der Waals surface area contributed by atoms with Crippen molar-refractivity contribution in [2.24, 2.45) is 13.0 Å². The third-order valence-corrected chi connectivity index (χ3v) is 7.42. The summed E-state index contributed by atoms with van der Waals surface area (Å²) >= 11 is 6.74. The van der Waals surface area contributed by atoms with Gasteiger partial charge in [-0.2, -0.15) is 13.2 Å². The minimum Gasteiger partial charge on any atom is -0.339 e. The zero-order valence-electron chi connectivity index (χ0n) is 19.8. The first-order valence-corrected chi connectivity index (χ1v) is 11.8. The van der Waals surface area contributed by atoms with Crippen molar-refractivity contribution in [3.8, 4) is 0 Å². The van der Waals surface area contributed by atoms with Gasteiger partial charge in [-0.1, -0.05) is 24.9 Å². The highest BCUT2D eigenvalue weighted by Gasteiger charge is 2.33. The van der Waals surface area contributed by atoms with Gasteiger partial charge in [0.25, 0.3) is 5.91 Å². The largest absolute Gasteiger partial charge is 0.433 e. The standard InChI is InChI=1S/C25H28ClF3N4O/c1-5-16-6-8-33(9-7-16)24(34)20-13-30-15(3)19(22(20)26)12-17-11-18-14(2)10-21(25(27,28)29)31-23(18)32(17)4/h10-11,13,16H,5-9,12H2,1-4H3. The summed E-state index contributed by atoms with van der Waals surface area (Å²) in [6.07, 6.45) is 0.404. The summed E-state index contributed by atoms with van der Waals surface area (Å²) in [5.74, 6) is 0.519. The number of carbonyl (C=O) groups excluding carboxylic acids is 1. The highest BCUT2D eigenvalue weighted by atomic mass is 35.5. The molecule has 1 saturated heterocycles. The first-order chi connectivity index (χ1) is 16.0. The molecule has 3 aromatic heterocycles. The van der Waals surface area contributed by atoms with Crippen LogP contribution in [0.3, 0.4) is 0 Å². The second-order valence-corrected chi connectivity index (χ2v) is 9.50. The molecule has 0 bridgehead atoms. The Kier molecular flexibility index (Phi) is 6.64. The molecule has 0 saturated carbocycles. The molecule has 3 aromatic rings. The second-order valence-electron chi connectivity index (χ2n) is 9.12. The van der Waals surface area contributed by atoms with Gasteiger partial charge in [-0.3, -0.25) is 9.78 Å². The summed E-state index contributed by atoms with van der Waals surface area (Å²) in [5.41, 5.74) is 2.32. The maximum Gasteiger partial charge on any atom is 0.433 e. The van der Waals surface area contributed by atoms with Gasteiger partial charge in [-0.05, 0) is 55.9 Å². The number of aromatic nitrogens is 3. The van der Waals surface area contributed by atoms with Crippen molar-refractivity contribution >= 4 is 28.5 Å². The van der Waals surface area contributed by atoms with E-state index in [0.717, 1.165) is 31.0 Å². The van der Waals surface area contributed by atoms with Crippen molar-refractivity contribution < 1.29 is 18.0 Å². The zero-order valence-corrected chi connectivity index (χ0v) is 20.5. The number of fused-ring (bicyclic) bond motifs is 1. The number of amides is 1. The lowest BCUT2D eigenvalue weighted by molar-refractivity contribution is -0.141. The van der Waals surface area contributed by atoms with Gasteiger partial charge in [0.15, 0.2) is 0 Å². The van der Waals surface area contributed by atoms with E-state index < -0.39 is 11.9 Å². The topological polar surface area (TPSA) is 51.0 Å². The zero-order chi connectivity index (χ0) is 24.8. The van der Waals surface area contributed by atoms with E-state index in [0.29, 0.717) is 58.2 Å². The highest BCUT2D eigenvalue weighted by Crippen LogP contribution is 2.33. The second kappa shape index (κ2) is 9.21. The molecule has 1 aliphatic heterocycles. The number of rotatable bonds is 4. The predicted molar refractivity (Wildman–Crippen MR) is 126 cm³/mol. The van der Waals surface area contributed by atoms with Crippen LogP contribution >= 0.6 is 11.6 Å². The number of aryl methyl sites for hydroxylation is 3. The van der Waals surface area contributed by atoms with Gasteiger partial charge in [0.1, 0.15) is 11.3 Å². The Morgan fingerprint density at radius 1 is 1.21 bits per heavy atom. The molecule has 4 rings (SSSR count). The van der Waals surface area contributed by atoms with E-state index in [1.54, 1.807) is 18.5 Å². The Morgan fingerprint density at radius 3 is 2.50 bits per heavy atom. The van der Waals surface area contributed by atoms with Crippen molar-refractivity contribution in [1.29, 1.82) is 0 Å². The summed E-state index contributed by atoms with van der Waals surface area (Å²) in [6, 6.07) is 2.89. The van der Waals surface area contributed by atoms with Crippen molar-refractivity contribution in [2.45, 2.75) is 52.6 Å². The number of hydrogen-bond donors (Lipinski definition) is 0.